The molecule has 3 aromatic rings. The average molecular weight is 520 g/mol. The van der Waals surface area contributed by atoms with Crippen molar-refractivity contribution in [1.82, 2.24) is 4.31 Å². The Kier molecular flexibility index (Phi) is 7.10. The lowest BCUT2D eigenvalue weighted by Crippen LogP contribution is -2.35. The zero-order chi connectivity index (χ0) is 26.2. The van der Waals surface area contributed by atoms with Crippen molar-refractivity contribution in [2.24, 2.45) is 0 Å². The van der Waals surface area contributed by atoms with Crippen LogP contribution in [-0.2, 0) is 21.4 Å². The van der Waals surface area contributed by atoms with Gasteiger partial charge in [0.1, 0.15) is 16.7 Å². The predicted molar refractivity (Wildman–Crippen MR) is 126 cm³/mol. The first-order valence-electron chi connectivity index (χ1n) is 11.2. The fourth-order valence-corrected chi connectivity index (χ4v) is 5.95. The average Bonchev–Trinajstić information content (AvgIpc) is 2.90. The van der Waals surface area contributed by atoms with Crippen LogP contribution in [0.1, 0.15) is 41.5 Å². The topological polar surface area (TPSA) is 83.9 Å². The molecule has 190 valence electrons. The Balaban J connectivity index is 1.75. The molecule has 1 heterocycles. The third-order valence-electron chi connectivity index (χ3n) is 6.17. The van der Waals surface area contributed by atoms with Gasteiger partial charge >= 0.3 is 5.97 Å². The second-order valence-electron chi connectivity index (χ2n) is 8.81. The van der Waals surface area contributed by atoms with E-state index in [2.05, 4.69) is 0 Å². The number of ether oxygens (including phenoxy) is 1. The van der Waals surface area contributed by atoms with Gasteiger partial charge in [-0.25, -0.2) is 21.6 Å². The molecule has 6 nitrogen and oxygen atoms in total. The fraction of sp³-hybridized carbons (Fsp3) is 0.269. The molecule has 0 aromatic heterocycles. The number of hydrogen-bond donors (Lipinski definition) is 1. The molecule has 1 unspecified atom stereocenters. The smallest absolute Gasteiger partial charge is 0.304 e. The zero-order valence-corrected chi connectivity index (χ0v) is 20.4. The Bertz CT molecular complexity index is 1400. The number of sulfonamides is 1. The molecule has 1 N–H and O–H groups in total. The Morgan fingerprint density at radius 1 is 1.08 bits per heavy atom. The highest BCUT2D eigenvalue weighted by molar-refractivity contribution is 7.89. The van der Waals surface area contributed by atoms with Crippen LogP contribution in [-0.4, -0.2) is 36.4 Å². The SMILES string of the molecule is Cc1ccc(C(CC(=O)O)c2cc(F)c(F)c(F)c2)cc1CN1C[C@@H](C)Oc2ccccc2S1(=O)=O. The molecule has 1 aliphatic heterocycles. The number of hydrogen-bond acceptors (Lipinski definition) is 4. The summed E-state index contributed by atoms with van der Waals surface area (Å²) in [5, 5.41) is 9.44. The van der Waals surface area contributed by atoms with E-state index >= 15 is 0 Å². The molecule has 2 atom stereocenters. The van der Waals surface area contributed by atoms with Crippen LogP contribution in [0.2, 0.25) is 0 Å². The van der Waals surface area contributed by atoms with E-state index in [9.17, 15) is 31.5 Å². The Morgan fingerprint density at radius 2 is 1.75 bits per heavy atom. The number of carboxylic acid groups (broad SMARTS) is 1. The zero-order valence-electron chi connectivity index (χ0n) is 19.5. The molecule has 0 amide bonds. The summed E-state index contributed by atoms with van der Waals surface area (Å²) >= 11 is 0. The van der Waals surface area contributed by atoms with E-state index in [1.54, 1.807) is 50.2 Å². The number of aliphatic carboxylic acids is 1. The maximum absolute atomic E-state index is 13.9. The highest BCUT2D eigenvalue weighted by Gasteiger charge is 2.33. The number of aryl methyl sites for hydroxylation is 1. The molecule has 0 radical (unpaired) electrons. The van der Waals surface area contributed by atoms with Crippen LogP contribution in [0.3, 0.4) is 0 Å². The molecular formula is C26H24F3NO5S. The monoisotopic (exact) mass is 519 g/mol. The van der Waals surface area contributed by atoms with Crippen LogP contribution in [0.4, 0.5) is 13.2 Å². The predicted octanol–water partition coefficient (Wildman–Crippen LogP) is 4.99. The van der Waals surface area contributed by atoms with E-state index in [0.29, 0.717) is 11.1 Å². The lowest BCUT2D eigenvalue weighted by Gasteiger charge is -2.24. The van der Waals surface area contributed by atoms with Gasteiger partial charge in [-0.3, -0.25) is 4.79 Å². The summed E-state index contributed by atoms with van der Waals surface area (Å²) < 4.78 is 75.3. The van der Waals surface area contributed by atoms with Gasteiger partial charge in [0.05, 0.1) is 13.0 Å². The minimum atomic E-state index is -3.91. The molecule has 36 heavy (non-hydrogen) atoms. The van der Waals surface area contributed by atoms with E-state index in [1.807, 2.05) is 0 Å². The standard InChI is InChI=1S/C26H24F3NO5S/c1-15-7-8-17(20(12-25(31)32)18-10-21(27)26(29)22(28)11-18)9-19(15)14-30-13-16(2)35-23-5-3-4-6-24(23)36(30,33)34/h3-11,16,20H,12-14H2,1-2H3,(H,31,32)/t16-,20?/m1/s1. The van der Waals surface area contributed by atoms with Gasteiger partial charge in [0.2, 0.25) is 10.0 Å². The molecule has 0 fully saturated rings. The minimum Gasteiger partial charge on any atom is -0.488 e. The van der Waals surface area contributed by atoms with Crippen LogP contribution in [0.25, 0.3) is 0 Å². The van der Waals surface area contributed by atoms with Crippen molar-refractivity contribution in [3.63, 3.8) is 0 Å². The summed E-state index contributed by atoms with van der Waals surface area (Å²) in [7, 11) is -3.91. The van der Waals surface area contributed by atoms with Crippen LogP contribution >= 0.6 is 0 Å². The third-order valence-corrected chi connectivity index (χ3v) is 8.02. The summed E-state index contributed by atoms with van der Waals surface area (Å²) in [6, 6.07) is 12.8. The lowest BCUT2D eigenvalue weighted by atomic mass is 9.86. The number of carbonyl (C=O) groups is 1. The van der Waals surface area contributed by atoms with Gasteiger partial charge in [0.25, 0.3) is 0 Å². The van der Waals surface area contributed by atoms with Crippen molar-refractivity contribution in [3.8, 4) is 5.75 Å². The number of benzene rings is 3. The maximum atomic E-state index is 13.9. The first-order valence-corrected chi connectivity index (χ1v) is 12.6. The number of nitrogens with zero attached hydrogens (tertiary/aromatic N) is 1. The van der Waals surface area contributed by atoms with Crippen molar-refractivity contribution in [1.29, 1.82) is 0 Å². The summed E-state index contributed by atoms with van der Waals surface area (Å²) in [5.41, 5.74) is 1.69. The summed E-state index contributed by atoms with van der Waals surface area (Å²) in [6.45, 7) is 3.58. The number of rotatable bonds is 6. The molecule has 3 aromatic carbocycles. The van der Waals surface area contributed by atoms with Gasteiger partial charge in [0.15, 0.2) is 17.5 Å². The second kappa shape index (κ2) is 9.94. The van der Waals surface area contributed by atoms with Gasteiger partial charge in [-0.1, -0.05) is 30.3 Å². The van der Waals surface area contributed by atoms with Crippen LogP contribution in [0.15, 0.2) is 59.5 Å². The fourth-order valence-electron chi connectivity index (χ4n) is 4.34. The molecule has 0 aliphatic carbocycles. The van der Waals surface area contributed by atoms with Gasteiger partial charge in [0, 0.05) is 12.5 Å². The Hall–Kier alpha value is -3.37. The summed E-state index contributed by atoms with van der Waals surface area (Å²) in [5.74, 6) is -6.42. The second-order valence-corrected chi connectivity index (χ2v) is 10.7. The molecule has 0 saturated heterocycles. The first kappa shape index (κ1) is 25.7. The van der Waals surface area contributed by atoms with E-state index in [4.69, 9.17) is 4.74 Å². The van der Waals surface area contributed by atoms with Crippen molar-refractivity contribution < 1.29 is 36.2 Å². The van der Waals surface area contributed by atoms with Crippen molar-refractivity contribution in [2.75, 3.05) is 6.54 Å². The largest absolute Gasteiger partial charge is 0.488 e. The maximum Gasteiger partial charge on any atom is 0.304 e. The van der Waals surface area contributed by atoms with E-state index in [-0.39, 0.29) is 29.3 Å². The molecule has 4 rings (SSSR count). The van der Waals surface area contributed by atoms with Crippen LogP contribution in [0.5, 0.6) is 5.75 Å². The number of para-hydroxylation sites is 1. The number of carboxylic acids is 1. The van der Waals surface area contributed by atoms with Crippen molar-refractivity contribution in [3.05, 3.63) is 94.3 Å². The quantitative estimate of drug-likeness (QED) is 0.464. The molecule has 10 heteroatoms. The van der Waals surface area contributed by atoms with Gasteiger partial charge in [-0.05, 0) is 60.4 Å². The number of fused-ring (bicyclic) bond motifs is 1. The Morgan fingerprint density at radius 3 is 2.42 bits per heavy atom. The van der Waals surface area contributed by atoms with Gasteiger partial charge < -0.3 is 9.84 Å². The van der Waals surface area contributed by atoms with E-state index in [1.165, 1.54) is 10.4 Å². The third kappa shape index (κ3) is 5.10. The number of halogens is 3. The normalized spacial score (nSPS) is 18.1. The van der Waals surface area contributed by atoms with E-state index in [0.717, 1.165) is 17.7 Å². The molecule has 0 spiro atoms. The highest BCUT2D eigenvalue weighted by Crippen LogP contribution is 2.34. The molecule has 1 aliphatic rings. The van der Waals surface area contributed by atoms with Crippen LogP contribution < -0.4 is 4.74 Å². The lowest BCUT2D eigenvalue weighted by molar-refractivity contribution is -0.137. The molecular weight excluding hydrogens is 495 g/mol. The van der Waals surface area contributed by atoms with Gasteiger partial charge in [-0.15, -0.1) is 0 Å². The van der Waals surface area contributed by atoms with E-state index < -0.39 is 51.9 Å². The first-order chi connectivity index (χ1) is 17.0. The summed E-state index contributed by atoms with van der Waals surface area (Å²) in [6.07, 6.45) is -0.940. The minimum absolute atomic E-state index is 0.0318. The van der Waals surface area contributed by atoms with Crippen molar-refractivity contribution in [2.45, 2.75) is 43.7 Å². The van der Waals surface area contributed by atoms with Crippen LogP contribution in [0, 0.1) is 24.4 Å². The Labute approximate surface area is 207 Å². The van der Waals surface area contributed by atoms with Crippen molar-refractivity contribution >= 4 is 16.0 Å². The molecule has 0 saturated carbocycles. The highest BCUT2D eigenvalue weighted by atomic mass is 32.2. The van der Waals surface area contributed by atoms with Gasteiger partial charge in [-0.2, -0.15) is 4.31 Å². The molecule has 0 bridgehead atoms. The summed E-state index contributed by atoms with van der Waals surface area (Å²) in [4.78, 5) is 11.6.